The molecule has 3 aromatic rings. The summed E-state index contributed by atoms with van der Waals surface area (Å²) in [5, 5.41) is 10.6. The van der Waals surface area contributed by atoms with Gasteiger partial charge in [0, 0.05) is 28.2 Å². The summed E-state index contributed by atoms with van der Waals surface area (Å²) in [6.45, 7) is 3.88. The maximum Gasteiger partial charge on any atom is 0.275 e. The van der Waals surface area contributed by atoms with E-state index in [0.717, 1.165) is 17.8 Å². The Balaban J connectivity index is 1.75. The van der Waals surface area contributed by atoms with E-state index in [1.165, 1.54) is 22.7 Å². The second-order valence-corrected chi connectivity index (χ2v) is 7.44. The molecule has 0 aliphatic carbocycles. The Hall–Kier alpha value is -2.58. The third kappa shape index (κ3) is 4.14. The summed E-state index contributed by atoms with van der Waals surface area (Å²) in [5.41, 5.74) is 2.17. The number of nitrogens with zero attached hydrogens (tertiary/aromatic N) is 2. The molecule has 0 unspecified atom stereocenters. The monoisotopic (exact) mass is 386 g/mol. The second-order valence-electron chi connectivity index (χ2n) is 5.60. The van der Waals surface area contributed by atoms with Gasteiger partial charge in [-0.3, -0.25) is 14.9 Å². The van der Waals surface area contributed by atoms with Gasteiger partial charge >= 0.3 is 0 Å². The molecule has 1 aromatic carbocycles. The lowest BCUT2D eigenvalue weighted by Gasteiger charge is -2.11. The third-order valence-corrected chi connectivity index (χ3v) is 5.32. The highest BCUT2D eigenvalue weighted by molar-refractivity contribution is 7.13. The number of benzene rings is 1. The van der Waals surface area contributed by atoms with Crippen LogP contribution in [0.4, 0.5) is 10.8 Å². The van der Waals surface area contributed by atoms with Crippen molar-refractivity contribution < 1.29 is 9.59 Å². The first-order valence-electron chi connectivity index (χ1n) is 8.14. The number of aryl methyl sites for hydroxylation is 1. The number of nitrogens with one attached hydrogen (secondary N) is 2. The Labute approximate surface area is 159 Å². The zero-order chi connectivity index (χ0) is 18.5. The van der Waals surface area contributed by atoms with Crippen LogP contribution in [0.1, 0.15) is 44.8 Å². The van der Waals surface area contributed by atoms with E-state index in [-0.39, 0.29) is 11.8 Å². The molecule has 0 fully saturated rings. The Kier molecular flexibility index (Phi) is 5.75. The van der Waals surface area contributed by atoms with Gasteiger partial charge in [0.2, 0.25) is 0 Å². The van der Waals surface area contributed by atoms with Gasteiger partial charge in [-0.15, -0.1) is 22.7 Å². The molecule has 8 heteroatoms. The fraction of sp³-hybridized carbons (Fsp3) is 0.222. The summed E-state index contributed by atoms with van der Waals surface area (Å²) in [5.74, 6) is -0.531. The molecule has 2 N–H and O–H groups in total. The quantitative estimate of drug-likeness (QED) is 0.659. The van der Waals surface area contributed by atoms with Crippen molar-refractivity contribution in [1.29, 1.82) is 0 Å². The zero-order valence-electron chi connectivity index (χ0n) is 14.4. The second kappa shape index (κ2) is 8.20. The van der Waals surface area contributed by atoms with Crippen molar-refractivity contribution in [2.75, 3.05) is 10.6 Å². The molecule has 3 rings (SSSR count). The molecule has 0 radical (unpaired) electrons. The van der Waals surface area contributed by atoms with E-state index in [1.807, 2.05) is 0 Å². The van der Waals surface area contributed by atoms with Crippen molar-refractivity contribution in [2.45, 2.75) is 26.7 Å². The maximum atomic E-state index is 12.4. The number of carbonyl (C=O) groups excluding carboxylic acids is 2. The fourth-order valence-corrected chi connectivity index (χ4v) is 3.80. The molecular weight excluding hydrogens is 368 g/mol. The van der Waals surface area contributed by atoms with Gasteiger partial charge in [0.1, 0.15) is 5.69 Å². The summed E-state index contributed by atoms with van der Waals surface area (Å²) < 4.78 is 0. The molecule has 26 heavy (non-hydrogen) atoms. The van der Waals surface area contributed by atoms with Crippen LogP contribution in [-0.4, -0.2) is 21.8 Å². The summed E-state index contributed by atoms with van der Waals surface area (Å²) >= 11 is 2.84. The number of hydrogen-bond donors (Lipinski definition) is 2. The van der Waals surface area contributed by atoms with Gasteiger partial charge in [-0.25, -0.2) is 9.97 Å². The molecule has 134 valence electrons. The molecule has 2 heterocycles. The molecular formula is C18H18N4O2S2. The first-order valence-corrected chi connectivity index (χ1v) is 9.90. The van der Waals surface area contributed by atoms with Crippen LogP contribution in [0.15, 0.2) is 35.2 Å². The Morgan fingerprint density at radius 1 is 1.15 bits per heavy atom. The predicted octanol–water partition coefficient (Wildman–Crippen LogP) is 4.37. The number of rotatable bonds is 6. The van der Waals surface area contributed by atoms with Crippen molar-refractivity contribution in [1.82, 2.24) is 9.97 Å². The van der Waals surface area contributed by atoms with Gasteiger partial charge in [0.15, 0.2) is 5.13 Å². The predicted molar refractivity (Wildman–Crippen MR) is 105 cm³/mol. The van der Waals surface area contributed by atoms with Gasteiger partial charge in [0.05, 0.1) is 5.01 Å². The van der Waals surface area contributed by atoms with Crippen LogP contribution < -0.4 is 10.6 Å². The molecule has 6 nitrogen and oxygen atoms in total. The zero-order valence-corrected chi connectivity index (χ0v) is 16.0. The van der Waals surface area contributed by atoms with Gasteiger partial charge in [0.25, 0.3) is 11.8 Å². The molecule has 0 saturated carbocycles. The topological polar surface area (TPSA) is 84.0 Å². The lowest BCUT2D eigenvalue weighted by Crippen LogP contribution is -2.17. The molecule has 2 aromatic heterocycles. The standard InChI is InChI=1S/C18H18N4O2S2/c1-3-5-15-20-14(10-26-15)17(24)21-13-7-4-6-12(11(13)2)16(23)22-18-19-8-9-25-18/h4,6-10H,3,5H2,1-2H3,(H,21,24)(H,19,22,23). The van der Waals surface area contributed by atoms with Gasteiger partial charge in [-0.1, -0.05) is 13.0 Å². The van der Waals surface area contributed by atoms with Crippen molar-refractivity contribution in [3.05, 3.63) is 57.0 Å². The number of amides is 2. The number of anilines is 2. The molecule has 0 aliphatic rings. The van der Waals surface area contributed by atoms with E-state index in [9.17, 15) is 9.59 Å². The molecule has 0 aliphatic heterocycles. The number of aromatic nitrogens is 2. The van der Waals surface area contributed by atoms with E-state index in [2.05, 4.69) is 27.5 Å². The number of carbonyl (C=O) groups is 2. The Morgan fingerprint density at radius 3 is 2.73 bits per heavy atom. The van der Waals surface area contributed by atoms with Gasteiger partial charge in [-0.2, -0.15) is 0 Å². The lowest BCUT2D eigenvalue weighted by atomic mass is 10.1. The minimum atomic E-state index is -0.274. The first-order chi connectivity index (χ1) is 12.6. The average Bonchev–Trinajstić information content (AvgIpc) is 3.29. The Morgan fingerprint density at radius 2 is 2.00 bits per heavy atom. The van der Waals surface area contributed by atoms with Crippen LogP contribution in [-0.2, 0) is 6.42 Å². The third-order valence-electron chi connectivity index (χ3n) is 3.73. The molecule has 0 saturated heterocycles. The molecule has 0 atom stereocenters. The van der Waals surface area contributed by atoms with Crippen LogP contribution in [0.25, 0.3) is 0 Å². The summed E-state index contributed by atoms with van der Waals surface area (Å²) in [7, 11) is 0. The highest BCUT2D eigenvalue weighted by atomic mass is 32.1. The highest BCUT2D eigenvalue weighted by Crippen LogP contribution is 2.22. The van der Waals surface area contributed by atoms with E-state index in [1.54, 1.807) is 42.1 Å². The van der Waals surface area contributed by atoms with E-state index in [4.69, 9.17) is 0 Å². The van der Waals surface area contributed by atoms with Crippen molar-refractivity contribution in [3.8, 4) is 0 Å². The highest BCUT2D eigenvalue weighted by Gasteiger charge is 2.16. The van der Waals surface area contributed by atoms with E-state index < -0.39 is 0 Å². The van der Waals surface area contributed by atoms with Crippen LogP contribution in [0, 0.1) is 6.92 Å². The van der Waals surface area contributed by atoms with Crippen molar-refractivity contribution >= 4 is 45.3 Å². The summed E-state index contributed by atoms with van der Waals surface area (Å²) in [6.07, 6.45) is 3.48. The average molecular weight is 387 g/mol. The molecule has 2 amide bonds. The maximum absolute atomic E-state index is 12.4. The normalized spacial score (nSPS) is 10.5. The number of hydrogen-bond acceptors (Lipinski definition) is 6. The first kappa shape index (κ1) is 18.2. The SMILES string of the molecule is CCCc1nc(C(=O)Nc2cccc(C(=O)Nc3nccs3)c2C)cs1. The van der Waals surface area contributed by atoms with Crippen LogP contribution in [0.2, 0.25) is 0 Å². The lowest BCUT2D eigenvalue weighted by molar-refractivity contribution is 0.101. The summed E-state index contributed by atoms with van der Waals surface area (Å²) in [6, 6.07) is 5.23. The summed E-state index contributed by atoms with van der Waals surface area (Å²) in [4.78, 5) is 33.3. The van der Waals surface area contributed by atoms with Crippen LogP contribution >= 0.6 is 22.7 Å². The van der Waals surface area contributed by atoms with Gasteiger partial charge < -0.3 is 5.32 Å². The van der Waals surface area contributed by atoms with Crippen molar-refractivity contribution in [2.24, 2.45) is 0 Å². The van der Waals surface area contributed by atoms with E-state index in [0.29, 0.717) is 27.6 Å². The van der Waals surface area contributed by atoms with Crippen LogP contribution in [0.3, 0.4) is 0 Å². The number of thiazole rings is 2. The molecule has 0 bridgehead atoms. The van der Waals surface area contributed by atoms with Crippen LogP contribution in [0.5, 0.6) is 0 Å². The van der Waals surface area contributed by atoms with E-state index >= 15 is 0 Å². The minimum absolute atomic E-state index is 0.257. The largest absolute Gasteiger partial charge is 0.320 e. The van der Waals surface area contributed by atoms with Gasteiger partial charge in [-0.05, 0) is 37.5 Å². The molecule has 0 spiro atoms. The minimum Gasteiger partial charge on any atom is -0.320 e. The fourth-order valence-electron chi connectivity index (χ4n) is 2.40. The smallest absolute Gasteiger partial charge is 0.275 e. The van der Waals surface area contributed by atoms with Crippen molar-refractivity contribution in [3.63, 3.8) is 0 Å². The Bertz CT molecular complexity index is 919.